The van der Waals surface area contributed by atoms with Crippen molar-refractivity contribution in [3.05, 3.63) is 64.7 Å². The maximum Gasteiger partial charge on any atom is 0.319 e. The molecule has 0 unspecified atom stereocenters. The molecule has 156 valence electrons. The van der Waals surface area contributed by atoms with Crippen LogP contribution in [0.1, 0.15) is 63.9 Å². The second-order valence-electron chi connectivity index (χ2n) is 7.86. The first-order valence-electron chi connectivity index (χ1n) is 10.4. The third kappa shape index (κ3) is 4.07. The predicted molar refractivity (Wildman–Crippen MR) is 114 cm³/mol. The molecular formula is C23H26N4O3. The van der Waals surface area contributed by atoms with Crippen LogP contribution in [0, 0.1) is 0 Å². The second-order valence-corrected chi connectivity index (χ2v) is 7.86. The molecule has 1 fully saturated rings. The maximum atomic E-state index is 12.9. The fraction of sp³-hybridized carbons (Fsp3) is 0.348. The molecule has 0 spiro atoms. The highest BCUT2D eigenvalue weighted by Gasteiger charge is 2.40. The van der Waals surface area contributed by atoms with E-state index in [0.29, 0.717) is 29.9 Å². The number of amides is 4. The molecule has 1 saturated carbocycles. The number of imide groups is 1. The normalized spacial score (nSPS) is 16.5. The molecule has 2 aliphatic rings. The summed E-state index contributed by atoms with van der Waals surface area (Å²) in [7, 11) is 0. The molecular weight excluding hydrogens is 380 g/mol. The van der Waals surface area contributed by atoms with Crippen molar-refractivity contribution in [2.24, 2.45) is 5.73 Å². The van der Waals surface area contributed by atoms with Gasteiger partial charge in [-0.25, -0.2) is 4.79 Å². The van der Waals surface area contributed by atoms with Crippen LogP contribution < -0.4 is 16.4 Å². The van der Waals surface area contributed by atoms with Gasteiger partial charge in [-0.05, 0) is 42.2 Å². The molecule has 1 heterocycles. The average Bonchev–Trinajstić information content (AvgIpc) is 3.02. The van der Waals surface area contributed by atoms with Crippen LogP contribution in [-0.2, 0) is 13.1 Å². The minimum absolute atomic E-state index is 0.0184. The molecule has 0 aromatic heterocycles. The highest BCUT2D eigenvalue weighted by molar-refractivity contribution is 6.22. The summed E-state index contributed by atoms with van der Waals surface area (Å²) in [5.74, 6) is -0.484. The quantitative estimate of drug-likeness (QED) is 0.662. The number of nitrogens with one attached hydrogen (secondary N) is 2. The van der Waals surface area contributed by atoms with Crippen LogP contribution in [0.2, 0.25) is 0 Å². The molecule has 7 heteroatoms. The molecule has 7 nitrogen and oxygen atoms in total. The van der Waals surface area contributed by atoms with Crippen LogP contribution in [0.3, 0.4) is 0 Å². The Kier molecular flexibility index (Phi) is 5.81. The number of benzene rings is 2. The van der Waals surface area contributed by atoms with E-state index in [2.05, 4.69) is 10.6 Å². The van der Waals surface area contributed by atoms with Crippen LogP contribution in [-0.4, -0.2) is 28.8 Å². The minimum Gasteiger partial charge on any atom is -0.334 e. The molecule has 0 bridgehead atoms. The number of hydrogen-bond donors (Lipinski definition) is 3. The van der Waals surface area contributed by atoms with Gasteiger partial charge in [-0.1, -0.05) is 43.5 Å². The summed E-state index contributed by atoms with van der Waals surface area (Å²) in [6.45, 7) is 0.803. The molecule has 0 saturated heterocycles. The first kappa shape index (κ1) is 20.1. The summed E-state index contributed by atoms with van der Waals surface area (Å²) >= 11 is 0. The van der Waals surface area contributed by atoms with Crippen LogP contribution in [0.4, 0.5) is 10.5 Å². The molecule has 2 aromatic carbocycles. The Balaban J connectivity index is 1.41. The summed E-state index contributed by atoms with van der Waals surface area (Å²) in [5.41, 5.74) is 8.85. The molecule has 2 aromatic rings. The maximum absolute atomic E-state index is 12.9. The van der Waals surface area contributed by atoms with Crippen molar-refractivity contribution in [2.75, 3.05) is 5.32 Å². The number of carbonyl (C=O) groups excluding carboxylic acids is 3. The zero-order valence-corrected chi connectivity index (χ0v) is 16.8. The highest BCUT2D eigenvalue weighted by Crippen LogP contribution is 2.32. The van der Waals surface area contributed by atoms with Gasteiger partial charge < -0.3 is 16.4 Å². The average molecular weight is 406 g/mol. The van der Waals surface area contributed by atoms with Gasteiger partial charge in [0.15, 0.2) is 0 Å². The van der Waals surface area contributed by atoms with Crippen LogP contribution >= 0.6 is 0 Å². The summed E-state index contributed by atoms with van der Waals surface area (Å²) in [5, 5.41) is 5.54. The lowest BCUT2D eigenvalue weighted by molar-refractivity contribution is 0.0549. The summed E-state index contributed by atoms with van der Waals surface area (Å²) in [6, 6.07) is 12.2. The Labute approximate surface area is 175 Å². The molecule has 30 heavy (non-hydrogen) atoms. The third-order valence-corrected chi connectivity index (χ3v) is 5.80. The Hall–Kier alpha value is -3.19. The van der Waals surface area contributed by atoms with Gasteiger partial charge in [0.1, 0.15) is 0 Å². The fourth-order valence-electron chi connectivity index (χ4n) is 4.23. The molecule has 4 amide bonds. The van der Waals surface area contributed by atoms with Gasteiger partial charge in [0.2, 0.25) is 0 Å². The Morgan fingerprint density at radius 1 is 0.967 bits per heavy atom. The largest absolute Gasteiger partial charge is 0.334 e. The number of urea groups is 1. The molecule has 0 atom stereocenters. The lowest BCUT2D eigenvalue weighted by atomic mass is 9.94. The lowest BCUT2D eigenvalue weighted by Gasteiger charge is -2.29. The number of rotatable bonds is 5. The van der Waals surface area contributed by atoms with E-state index in [0.717, 1.165) is 43.2 Å². The van der Waals surface area contributed by atoms with Crippen LogP contribution in [0.5, 0.6) is 0 Å². The van der Waals surface area contributed by atoms with Gasteiger partial charge in [-0.15, -0.1) is 0 Å². The van der Waals surface area contributed by atoms with E-state index < -0.39 is 0 Å². The van der Waals surface area contributed by atoms with Crippen molar-refractivity contribution in [2.45, 2.75) is 51.2 Å². The van der Waals surface area contributed by atoms with Gasteiger partial charge in [0, 0.05) is 24.8 Å². The van der Waals surface area contributed by atoms with Gasteiger partial charge in [0.25, 0.3) is 11.8 Å². The van der Waals surface area contributed by atoms with Crippen LogP contribution in [0.25, 0.3) is 0 Å². The number of hydrogen-bond acceptors (Lipinski definition) is 4. The topological polar surface area (TPSA) is 105 Å². The zero-order valence-electron chi connectivity index (χ0n) is 16.8. The van der Waals surface area contributed by atoms with E-state index in [4.69, 9.17) is 5.73 Å². The smallest absolute Gasteiger partial charge is 0.319 e. The van der Waals surface area contributed by atoms with E-state index in [-0.39, 0.29) is 23.9 Å². The van der Waals surface area contributed by atoms with Crippen molar-refractivity contribution < 1.29 is 14.4 Å². The summed E-state index contributed by atoms with van der Waals surface area (Å²) in [4.78, 5) is 39.3. The molecule has 0 radical (unpaired) electrons. The van der Waals surface area contributed by atoms with Crippen molar-refractivity contribution in [3.8, 4) is 0 Å². The number of carbonyl (C=O) groups is 3. The van der Waals surface area contributed by atoms with E-state index in [1.165, 1.54) is 4.90 Å². The van der Waals surface area contributed by atoms with Gasteiger partial charge in [-0.2, -0.15) is 0 Å². The zero-order chi connectivity index (χ0) is 21.1. The number of anilines is 1. The van der Waals surface area contributed by atoms with E-state index in [9.17, 15) is 14.4 Å². The van der Waals surface area contributed by atoms with Gasteiger partial charge >= 0.3 is 6.03 Å². The number of nitrogens with zero attached hydrogens (tertiary/aromatic N) is 1. The standard InChI is InChI=1S/C23H26N4O3/c24-13-15-5-4-6-16(11-15)14-25-23(30)26-17-9-10-19-20(12-17)22(29)27(21(19)28)18-7-2-1-3-8-18/h4-6,9-12,18H,1-3,7-8,13-14,24H2,(H2,25,26,30). The van der Waals surface area contributed by atoms with Crippen LogP contribution in [0.15, 0.2) is 42.5 Å². The van der Waals surface area contributed by atoms with Crippen molar-refractivity contribution in [1.82, 2.24) is 10.2 Å². The molecule has 4 rings (SSSR count). The summed E-state index contributed by atoms with van der Waals surface area (Å²) in [6.07, 6.45) is 4.96. The van der Waals surface area contributed by atoms with Crippen molar-refractivity contribution >= 4 is 23.5 Å². The predicted octanol–water partition coefficient (Wildman–Crippen LogP) is 3.40. The monoisotopic (exact) mass is 406 g/mol. The first-order valence-corrected chi connectivity index (χ1v) is 10.4. The van der Waals surface area contributed by atoms with E-state index in [1.807, 2.05) is 24.3 Å². The Bertz CT molecular complexity index is 982. The molecule has 4 N–H and O–H groups in total. The Morgan fingerprint density at radius 2 is 1.70 bits per heavy atom. The van der Waals surface area contributed by atoms with Gasteiger partial charge in [-0.3, -0.25) is 14.5 Å². The second kappa shape index (κ2) is 8.67. The SMILES string of the molecule is NCc1cccc(CNC(=O)Nc2ccc3c(c2)C(=O)N(C2CCCCC2)C3=O)c1. The molecule has 1 aliphatic heterocycles. The highest BCUT2D eigenvalue weighted by atomic mass is 16.2. The fourth-order valence-corrected chi connectivity index (χ4v) is 4.23. The number of fused-ring (bicyclic) bond motifs is 1. The Morgan fingerprint density at radius 3 is 2.47 bits per heavy atom. The van der Waals surface area contributed by atoms with Crippen molar-refractivity contribution in [1.29, 1.82) is 0 Å². The van der Waals surface area contributed by atoms with E-state index >= 15 is 0 Å². The third-order valence-electron chi connectivity index (χ3n) is 5.80. The summed E-state index contributed by atoms with van der Waals surface area (Å²) < 4.78 is 0. The van der Waals surface area contributed by atoms with Crippen molar-refractivity contribution in [3.63, 3.8) is 0 Å². The minimum atomic E-state index is -0.381. The number of nitrogens with two attached hydrogens (primary N) is 1. The van der Waals surface area contributed by atoms with E-state index in [1.54, 1.807) is 18.2 Å². The van der Waals surface area contributed by atoms with Gasteiger partial charge in [0.05, 0.1) is 11.1 Å². The molecule has 1 aliphatic carbocycles. The lowest BCUT2D eigenvalue weighted by Crippen LogP contribution is -2.40. The first-order chi connectivity index (χ1) is 14.6.